The molecule has 5 nitrogen and oxygen atoms in total. The summed E-state index contributed by atoms with van der Waals surface area (Å²) in [5.41, 5.74) is 0.660. The van der Waals surface area contributed by atoms with Crippen molar-refractivity contribution < 1.29 is 9.59 Å². The fourth-order valence-electron chi connectivity index (χ4n) is 2.47. The number of carbonyl (C=O) groups excluding carboxylic acids is 2. The maximum atomic E-state index is 12.3. The van der Waals surface area contributed by atoms with E-state index in [9.17, 15) is 9.59 Å². The molecule has 0 aromatic carbocycles. The van der Waals surface area contributed by atoms with E-state index in [2.05, 4.69) is 10.3 Å². The molecule has 1 unspecified atom stereocenters. The van der Waals surface area contributed by atoms with E-state index in [-0.39, 0.29) is 23.3 Å². The van der Waals surface area contributed by atoms with Crippen LogP contribution in [0.3, 0.4) is 0 Å². The quantitative estimate of drug-likeness (QED) is 0.892. The number of thiazole rings is 1. The summed E-state index contributed by atoms with van der Waals surface area (Å²) in [5.74, 6) is 0.648. The van der Waals surface area contributed by atoms with Gasteiger partial charge < -0.3 is 10.2 Å². The molecule has 1 fully saturated rings. The Balaban J connectivity index is 1.86. The minimum Gasteiger partial charge on any atom is -0.350 e. The minimum absolute atomic E-state index is 0.0560. The van der Waals surface area contributed by atoms with E-state index in [1.54, 1.807) is 28.0 Å². The number of hydrogen-bond donors (Lipinski definition) is 1. The van der Waals surface area contributed by atoms with Gasteiger partial charge in [-0.15, -0.1) is 11.3 Å². The van der Waals surface area contributed by atoms with Gasteiger partial charge in [-0.25, -0.2) is 4.98 Å². The SMILES string of the molecule is CSCc1nc(CNC(=O)C2CC(=O)N(C(C)(C)C)C2)cs1. The molecule has 7 heteroatoms. The summed E-state index contributed by atoms with van der Waals surface area (Å²) in [6.07, 6.45) is 2.35. The molecule has 1 aromatic rings. The van der Waals surface area contributed by atoms with Gasteiger partial charge in [-0.3, -0.25) is 9.59 Å². The standard InChI is InChI=1S/C15H23N3O2S2/c1-15(2,3)18-7-10(5-13(18)19)14(20)16-6-11-8-22-12(17-11)9-21-4/h8,10H,5-7,9H2,1-4H3,(H,16,20). The van der Waals surface area contributed by atoms with Gasteiger partial charge in [-0.05, 0) is 27.0 Å². The van der Waals surface area contributed by atoms with Crippen LogP contribution in [0.15, 0.2) is 5.38 Å². The highest BCUT2D eigenvalue weighted by atomic mass is 32.2. The molecule has 1 atom stereocenters. The number of hydrogen-bond acceptors (Lipinski definition) is 5. The predicted octanol–water partition coefficient (Wildman–Crippen LogP) is 2.27. The summed E-state index contributed by atoms with van der Waals surface area (Å²) in [6.45, 7) is 6.92. The molecule has 0 aliphatic carbocycles. The maximum absolute atomic E-state index is 12.3. The third kappa shape index (κ3) is 4.23. The molecule has 1 aromatic heterocycles. The Labute approximate surface area is 139 Å². The molecule has 0 radical (unpaired) electrons. The first-order chi connectivity index (χ1) is 10.3. The number of amides is 2. The van der Waals surface area contributed by atoms with Crippen LogP contribution in [0.5, 0.6) is 0 Å². The topological polar surface area (TPSA) is 62.3 Å². The highest BCUT2D eigenvalue weighted by Crippen LogP contribution is 2.26. The minimum atomic E-state index is -0.254. The second-order valence-electron chi connectivity index (χ2n) is 6.46. The Morgan fingerprint density at radius 3 is 2.86 bits per heavy atom. The van der Waals surface area contributed by atoms with Gasteiger partial charge >= 0.3 is 0 Å². The van der Waals surface area contributed by atoms with Crippen molar-refractivity contribution in [1.82, 2.24) is 15.2 Å². The zero-order valence-corrected chi connectivity index (χ0v) is 15.1. The van der Waals surface area contributed by atoms with Crippen LogP contribution in [-0.2, 0) is 21.9 Å². The Morgan fingerprint density at radius 2 is 2.27 bits per heavy atom. The Kier molecular flexibility index (Phi) is 5.50. The van der Waals surface area contributed by atoms with Gasteiger partial charge in [0.15, 0.2) is 0 Å². The summed E-state index contributed by atoms with van der Waals surface area (Å²) in [4.78, 5) is 30.5. The maximum Gasteiger partial charge on any atom is 0.225 e. The van der Waals surface area contributed by atoms with E-state index in [4.69, 9.17) is 0 Å². The molecule has 1 aliphatic rings. The van der Waals surface area contributed by atoms with Crippen LogP contribution >= 0.6 is 23.1 Å². The van der Waals surface area contributed by atoms with E-state index < -0.39 is 0 Å². The van der Waals surface area contributed by atoms with Crippen molar-refractivity contribution in [2.75, 3.05) is 12.8 Å². The molecular formula is C15H23N3O2S2. The lowest BCUT2D eigenvalue weighted by Gasteiger charge is -2.31. The zero-order valence-electron chi connectivity index (χ0n) is 13.5. The molecular weight excluding hydrogens is 318 g/mol. The number of aromatic nitrogens is 1. The van der Waals surface area contributed by atoms with Crippen LogP contribution in [-0.4, -0.2) is 40.0 Å². The van der Waals surface area contributed by atoms with E-state index in [1.165, 1.54) is 0 Å². The van der Waals surface area contributed by atoms with Gasteiger partial charge in [0.05, 0.1) is 18.2 Å². The summed E-state index contributed by atoms with van der Waals surface area (Å²) in [5, 5.41) is 5.96. The first-order valence-corrected chi connectivity index (χ1v) is 9.59. The number of carbonyl (C=O) groups is 2. The van der Waals surface area contributed by atoms with Crippen LogP contribution in [0.2, 0.25) is 0 Å². The average Bonchev–Trinajstić information content (AvgIpc) is 3.02. The van der Waals surface area contributed by atoms with Crippen LogP contribution in [0, 0.1) is 5.92 Å². The average molecular weight is 342 g/mol. The summed E-state index contributed by atoms with van der Waals surface area (Å²) >= 11 is 3.35. The highest BCUT2D eigenvalue weighted by Gasteiger charge is 2.39. The highest BCUT2D eigenvalue weighted by molar-refractivity contribution is 7.97. The van der Waals surface area contributed by atoms with E-state index in [1.807, 2.05) is 32.4 Å². The molecule has 0 spiro atoms. The van der Waals surface area contributed by atoms with Gasteiger partial charge in [-0.2, -0.15) is 11.8 Å². The van der Waals surface area contributed by atoms with Crippen molar-refractivity contribution in [3.8, 4) is 0 Å². The Hall–Kier alpha value is -1.08. The summed E-state index contributed by atoms with van der Waals surface area (Å²) in [7, 11) is 0. The number of thioether (sulfide) groups is 1. The van der Waals surface area contributed by atoms with Gasteiger partial charge in [0.25, 0.3) is 0 Å². The lowest BCUT2D eigenvalue weighted by atomic mass is 10.1. The molecule has 22 heavy (non-hydrogen) atoms. The second-order valence-corrected chi connectivity index (χ2v) is 8.27. The summed E-state index contributed by atoms with van der Waals surface area (Å²) in [6, 6.07) is 0. The molecule has 2 rings (SSSR count). The van der Waals surface area contributed by atoms with Crippen molar-refractivity contribution in [2.45, 2.75) is 45.0 Å². The van der Waals surface area contributed by atoms with Crippen LogP contribution < -0.4 is 5.32 Å². The number of likely N-dealkylation sites (tertiary alicyclic amines) is 1. The largest absolute Gasteiger partial charge is 0.350 e. The third-order valence-electron chi connectivity index (χ3n) is 3.62. The molecule has 0 saturated carbocycles. The Bertz CT molecular complexity index is 551. The van der Waals surface area contributed by atoms with Crippen molar-refractivity contribution in [3.63, 3.8) is 0 Å². The lowest BCUT2D eigenvalue weighted by molar-refractivity contribution is -0.132. The fraction of sp³-hybridized carbons (Fsp3) is 0.667. The molecule has 1 saturated heterocycles. The number of rotatable bonds is 5. The smallest absolute Gasteiger partial charge is 0.225 e. The van der Waals surface area contributed by atoms with E-state index >= 15 is 0 Å². The molecule has 122 valence electrons. The first-order valence-electron chi connectivity index (χ1n) is 7.31. The van der Waals surface area contributed by atoms with E-state index in [0.717, 1.165) is 16.5 Å². The third-order valence-corrected chi connectivity index (χ3v) is 5.26. The first kappa shape index (κ1) is 17.3. The molecule has 1 N–H and O–H groups in total. The Morgan fingerprint density at radius 1 is 1.55 bits per heavy atom. The number of nitrogens with one attached hydrogen (secondary N) is 1. The number of nitrogens with zero attached hydrogens (tertiary/aromatic N) is 2. The molecule has 1 aliphatic heterocycles. The second kappa shape index (κ2) is 7.00. The lowest BCUT2D eigenvalue weighted by Crippen LogP contribution is -2.43. The monoisotopic (exact) mass is 341 g/mol. The van der Waals surface area contributed by atoms with Crippen LogP contribution in [0.25, 0.3) is 0 Å². The van der Waals surface area contributed by atoms with Gasteiger partial charge in [0, 0.05) is 29.6 Å². The van der Waals surface area contributed by atoms with Crippen LogP contribution in [0.4, 0.5) is 0 Å². The van der Waals surface area contributed by atoms with Crippen molar-refractivity contribution >= 4 is 34.9 Å². The molecule has 2 amide bonds. The normalized spacial score (nSPS) is 18.8. The fourth-order valence-corrected chi connectivity index (χ4v) is 3.99. The van der Waals surface area contributed by atoms with E-state index in [0.29, 0.717) is 19.5 Å². The van der Waals surface area contributed by atoms with Crippen LogP contribution in [0.1, 0.15) is 37.9 Å². The van der Waals surface area contributed by atoms with Gasteiger partial charge in [-0.1, -0.05) is 0 Å². The molecule has 2 heterocycles. The van der Waals surface area contributed by atoms with Gasteiger partial charge in [0.2, 0.25) is 11.8 Å². The van der Waals surface area contributed by atoms with Crippen molar-refractivity contribution in [2.24, 2.45) is 5.92 Å². The summed E-state index contributed by atoms with van der Waals surface area (Å²) < 4.78 is 0. The zero-order chi connectivity index (χ0) is 16.3. The van der Waals surface area contributed by atoms with Crippen molar-refractivity contribution in [1.29, 1.82) is 0 Å². The van der Waals surface area contributed by atoms with Gasteiger partial charge in [0.1, 0.15) is 5.01 Å². The molecule has 0 bridgehead atoms. The predicted molar refractivity (Wildman–Crippen MR) is 90.8 cm³/mol. The van der Waals surface area contributed by atoms with Crippen molar-refractivity contribution in [3.05, 3.63) is 16.1 Å².